The van der Waals surface area contributed by atoms with Gasteiger partial charge in [0.15, 0.2) is 0 Å². The molecule has 5 nitrogen and oxygen atoms in total. The van der Waals surface area contributed by atoms with Crippen molar-refractivity contribution in [2.45, 2.75) is 26.7 Å². The average molecular weight is 281 g/mol. The Morgan fingerprint density at radius 1 is 1.14 bits per heavy atom. The van der Waals surface area contributed by atoms with E-state index in [0.29, 0.717) is 6.42 Å². The molecule has 1 aromatic carbocycles. The molecule has 1 heterocycles. The summed E-state index contributed by atoms with van der Waals surface area (Å²) in [6.07, 6.45) is 1.48. The number of anilines is 3. The van der Waals surface area contributed by atoms with Crippen molar-refractivity contribution >= 4 is 17.3 Å². The van der Waals surface area contributed by atoms with Gasteiger partial charge in [0.2, 0.25) is 0 Å². The zero-order chi connectivity index (χ0) is 15.1. The second-order valence-corrected chi connectivity index (χ2v) is 4.77. The number of hydrogen-bond donors (Lipinski definition) is 2. The van der Waals surface area contributed by atoms with Gasteiger partial charge in [-0.2, -0.15) is 5.26 Å². The van der Waals surface area contributed by atoms with Crippen LogP contribution in [0.15, 0.2) is 30.3 Å². The predicted octanol–water partition coefficient (Wildman–Crippen LogP) is 3.42. The van der Waals surface area contributed by atoms with Crippen molar-refractivity contribution in [3.8, 4) is 6.07 Å². The number of aromatic nitrogens is 2. The quantitative estimate of drug-likeness (QED) is 0.848. The summed E-state index contributed by atoms with van der Waals surface area (Å²) >= 11 is 0. The van der Waals surface area contributed by atoms with Crippen LogP contribution in [0.25, 0.3) is 0 Å². The van der Waals surface area contributed by atoms with Gasteiger partial charge in [0.25, 0.3) is 0 Å². The van der Waals surface area contributed by atoms with Crippen LogP contribution in [-0.4, -0.2) is 16.5 Å². The highest BCUT2D eigenvalue weighted by atomic mass is 15.1. The zero-order valence-electron chi connectivity index (χ0n) is 12.3. The minimum atomic E-state index is 0.429. The lowest BCUT2D eigenvalue weighted by molar-refractivity contribution is 0.955. The summed E-state index contributed by atoms with van der Waals surface area (Å²) < 4.78 is 0. The molecule has 0 spiro atoms. The third-order valence-corrected chi connectivity index (χ3v) is 2.90. The fourth-order valence-corrected chi connectivity index (χ4v) is 1.92. The van der Waals surface area contributed by atoms with Gasteiger partial charge >= 0.3 is 0 Å². The first-order chi connectivity index (χ1) is 10.2. The van der Waals surface area contributed by atoms with Crippen LogP contribution >= 0.6 is 0 Å². The van der Waals surface area contributed by atoms with Gasteiger partial charge in [0, 0.05) is 18.3 Å². The predicted molar refractivity (Wildman–Crippen MR) is 84.6 cm³/mol. The molecular formula is C16H19N5. The average Bonchev–Trinajstić information content (AvgIpc) is 2.47. The fraction of sp³-hybridized carbons (Fsp3) is 0.312. The van der Waals surface area contributed by atoms with E-state index in [2.05, 4.69) is 33.6 Å². The van der Waals surface area contributed by atoms with Crippen LogP contribution in [0, 0.1) is 18.3 Å². The molecule has 1 aromatic heterocycles. The van der Waals surface area contributed by atoms with Crippen LogP contribution in [0.4, 0.5) is 17.3 Å². The van der Waals surface area contributed by atoms with Crippen LogP contribution in [-0.2, 0) is 6.42 Å². The molecule has 0 fully saturated rings. The van der Waals surface area contributed by atoms with Crippen LogP contribution in [0.5, 0.6) is 0 Å². The Morgan fingerprint density at radius 3 is 2.52 bits per heavy atom. The molecule has 0 bridgehead atoms. The highest BCUT2D eigenvalue weighted by molar-refractivity contribution is 5.59. The van der Waals surface area contributed by atoms with E-state index >= 15 is 0 Å². The van der Waals surface area contributed by atoms with Gasteiger partial charge in [-0.05, 0) is 31.0 Å². The van der Waals surface area contributed by atoms with E-state index < -0.39 is 0 Å². The van der Waals surface area contributed by atoms with Crippen molar-refractivity contribution < 1.29 is 0 Å². The Balaban J connectivity index is 2.11. The van der Waals surface area contributed by atoms with E-state index in [9.17, 15) is 0 Å². The maximum atomic E-state index is 8.67. The van der Waals surface area contributed by atoms with Gasteiger partial charge in [-0.15, -0.1) is 0 Å². The van der Waals surface area contributed by atoms with Crippen LogP contribution < -0.4 is 10.6 Å². The van der Waals surface area contributed by atoms with Crippen molar-refractivity contribution in [3.05, 3.63) is 41.7 Å². The van der Waals surface area contributed by atoms with Crippen molar-refractivity contribution in [1.29, 1.82) is 5.26 Å². The summed E-state index contributed by atoms with van der Waals surface area (Å²) in [6.45, 7) is 4.88. The van der Waals surface area contributed by atoms with E-state index in [1.807, 2.05) is 37.3 Å². The Labute approximate surface area is 125 Å². The van der Waals surface area contributed by atoms with E-state index in [-0.39, 0.29) is 0 Å². The Hall–Kier alpha value is -2.61. The SMILES string of the molecule is CCCNc1cc(Nc2ccc(CC#N)cc2)nc(C)n1. The standard InChI is InChI=1S/C16H19N5/c1-3-10-18-15-11-16(20-12(2)19-15)21-14-6-4-13(5-7-14)8-9-17/h4-7,11H,3,8,10H2,1-2H3,(H2,18,19,20,21). The molecular weight excluding hydrogens is 262 g/mol. The molecule has 0 aliphatic carbocycles. The molecule has 0 saturated carbocycles. The maximum Gasteiger partial charge on any atom is 0.136 e. The van der Waals surface area contributed by atoms with Gasteiger partial charge < -0.3 is 10.6 Å². The molecule has 5 heteroatoms. The number of benzene rings is 1. The third-order valence-electron chi connectivity index (χ3n) is 2.90. The van der Waals surface area contributed by atoms with Gasteiger partial charge in [-0.1, -0.05) is 19.1 Å². The smallest absolute Gasteiger partial charge is 0.136 e. The van der Waals surface area contributed by atoms with E-state index in [4.69, 9.17) is 5.26 Å². The molecule has 0 radical (unpaired) electrons. The third kappa shape index (κ3) is 4.46. The molecule has 0 saturated heterocycles. The lowest BCUT2D eigenvalue weighted by atomic mass is 10.1. The molecule has 0 aliphatic heterocycles. The van der Waals surface area contributed by atoms with Crippen LogP contribution in [0.1, 0.15) is 24.7 Å². The summed E-state index contributed by atoms with van der Waals surface area (Å²) in [5.41, 5.74) is 1.95. The van der Waals surface area contributed by atoms with E-state index in [0.717, 1.165) is 41.7 Å². The molecule has 2 rings (SSSR count). The lowest BCUT2D eigenvalue weighted by Crippen LogP contribution is -2.05. The minimum Gasteiger partial charge on any atom is -0.370 e. The summed E-state index contributed by atoms with van der Waals surface area (Å²) in [6, 6.07) is 11.8. The largest absolute Gasteiger partial charge is 0.370 e. The van der Waals surface area contributed by atoms with Crippen molar-refractivity contribution in [2.24, 2.45) is 0 Å². The normalized spacial score (nSPS) is 9.95. The zero-order valence-corrected chi connectivity index (χ0v) is 12.3. The number of nitrogens with one attached hydrogen (secondary N) is 2. The Morgan fingerprint density at radius 2 is 1.86 bits per heavy atom. The number of nitrogens with zero attached hydrogens (tertiary/aromatic N) is 3. The first-order valence-corrected chi connectivity index (χ1v) is 7.03. The van der Waals surface area contributed by atoms with E-state index in [1.54, 1.807) is 0 Å². The molecule has 2 aromatic rings. The second-order valence-electron chi connectivity index (χ2n) is 4.77. The minimum absolute atomic E-state index is 0.429. The fourth-order valence-electron chi connectivity index (χ4n) is 1.92. The maximum absolute atomic E-state index is 8.67. The van der Waals surface area contributed by atoms with Crippen molar-refractivity contribution in [3.63, 3.8) is 0 Å². The molecule has 0 amide bonds. The van der Waals surface area contributed by atoms with Gasteiger partial charge in [0.05, 0.1) is 12.5 Å². The molecule has 0 aliphatic rings. The topological polar surface area (TPSA) is 73.6 Å². The van der Waals surface area contributed by atoms with Gasteiger partial charge in [-0.3, -0.25) is 0 Å². The van der Waals surface area contributed by atoms with Crippen LogP contribution in [0.2, 0.25) is 0 Å². The summed E-state index contributed by atoms with van der Waals surface area (Å²) in [5.74, 6) is 2.31. The number of rotatable bonds is 6. The summed E-state index contributed by atoms with van der Waals surface area (Å²) in [4.78, 5) is 8.73. The first-order valence-electron chi connectivity index (χ1n) is 7.03. The highest BCUT2D eigenvalue weighted by Crippen LogP contribution is 2.18. The first kappa shape index (κ1) is 14.8. The number of hydrogen-bond acceptors (Lipinski definition) is 5. The van der Waals surface area contributed by atoms with Crippen LogP contribution in [0.3, 0.4) is 0 Å². The Bertz CT molecular complexity index is 628. The molecule has 2 N–H and O–H groups in total. The second kappa shape index (κ2) is 7.25. The molecule has 108 valence electrons. The van der Waals surface area contributed by atoms with Crippen molar-refractivity contribution in [1.82, 2.24) is 9.97 Å². The number of nitriles is 1. The van der Waals surface area contributed by atoms with E-state index in [1.165, 1.54) is 0 Å². The lowest BCUT2D eigenvalue weighted by Gasteiger charge is -2.10. The number of aryl methyl sites for hydroxylation is 1. The van der Waals surface area contributed by atoms with Crippen molar-refractivity contribution in [2.75, 3.05) is 17.2 Å². The molecule has 0 unspecified atom stereocenters. The molecule has 0 atom stereocenters. The monoisotopic (exact) mass is 281 g/mol. The summed E-state index contributed by atoms with van der Waals surface area (Å²) in [7, 11) is 0. The van der Waals surface area contributed by atoms with Gasteiger partial charge in [0.1, 0.15) is 17.5 Å². The summed E-state index contributed by atoms with van der Waals surface area (Å²) in [5, 5.41) is 15.2. The highest BCUT2D eigenvalue weighted by Gasteiger charge is 2.02. The Kier molecular flexibility index (Phi) is 5.10. The molecule has 21 heavy (non-hydrogen) atoms. The van der Waals surface area contributed by atoms with Gasteiger partial charge in [-0.25, -0.2) is 9.97 Å².